The van der Waals surface area contributed by atoms with Crippen LogP contribution in [0.25, 0.3) is 0 Å². The Balaban J connectivity index is 1.91. The summed E-state index contributed by atoms with van der Waals surface area (Å²) in [6.07, 6.45) is 4.67. The van der Waals surface area contributed by atoms with E-state index in [2.05, 4.69) is 15.5 Å². The molecule has 0 atom stereocenters. The number of pyridine rings is 1. The maximum absolute atomic E-state index is 11.7. The summed E-state index contributed by atoms with van der Waals surface area (Å²) in [5.41, 5.74) is 3.79. The van der Waals surface area contributed by atoms with Crippen LogP contribution in [0, 0.1) is 0 Å². The molecule has 2 rings (SSSR count). The molecule has 0 spiro atoms. The molecular formula is C15H15N3O2. The molecule has 0 radical (unpaired) electrons. The Kier molecular flexibility index (Phi) is 4.83. The van der Waals surface area contributed by atoms with Gasteiger partial charge < -0.3 is 4.74 Å². The summed E-state index contributed by atoms with van der Waals surface area (Å²) in [6.45, 7) is 2.57. The average Bonchev–Trinajstić information content (AvgIpc) is 2.50. The Morgan fingerprint density at radius 1 is 1.35 bits per heavy atom. The van der Waals surface area contributed by atoms with Crippen LogP contribution in [0.4, 0.5) is 0 Å². The van der Waals surface area contributed by atoms with Gasteiger partial charge in [0.05, 0.1) is 18.4 Å². The number of hydrogen-bond acceptors (Lipinski definition) is 4. The maximum Gasteiger partial charge on any atom is 0.272 e. The number of rotatable bonds is 5. The van der Waals surface area contributed by atoms with Gasteiger partial charge in [-0.25, -0.2) is 5.43 Å². The SMILES string of the molecule is CCOc1ccc(C=NNC(=O)c2cccnc2)cc1. The Bertz CT molecular complexity index is 580. The van der Waals surface area contributed by atoms with Gasteiger partial charge in [0, 0.05) is 12.4 Å². The normalized spacial score (nSPS) is 10.4. The monoisotopic (exact) mass is 269 g/mol. The fraction of sp³-hybridized carbons (Fsp3) is 0.133. The Hall–Kier alpha value is -2.69. The van der Waals surface area contributed by atoms with E-state index >= 15 is 0 Å². The number of hydrazone groups is 1. The molecular weight excluding hydrogens is 254 g/mol. The summed E-state index contributed by atoms with van der Waals surface area (Å²) in [5, 5.41) is 3.90. The van der Waals surface area contributed by atoms with Crippen LogP contribution in [0.15, 0.2) is 53.9 Å². The second-order valence-corrected chi connectivity index (χ2v) is 3.94. The van der Waals surface area contributed by atoms with Crippen LogP contribution in [0.5, 0.6) is 5.75 Å². The van der Waals surface area contributed by atoms with Crippen molar-refractivity contribution in [2.24, 2.45) is 5.10 Å². The minimum atomic E-state index is -0.291. The van der Waals surface area contributed by atoms with Crippen LogP contribution in [-0.2, 0) is 0 Å². The minimum absolute atomic E-state index is 0.291. The Morgan fingerprint density at radius 3 is 2.80 bits per heavy atom. The lowest BCUT2D eigenvalue weighted by Crippen LogP contribution is -2.17. The number of amides is 1. The van der Waals surface area contributed by atoms with Gasteiger partial charge in [0.15, 0.2) is 0 Å². The summed E-state index contributed by atoms with van der Waals surface area (Å²) >= 11 is 0. The molecule has 1 aromatic carbocycles. The van der Waals surface area contributed by atoms with Gasteiger partial charge in [-0.3, -0.25) is 9.78 Å². The van der Waals surface area contributed by atoms with E-state index in [4.69, 9.17) is 4.74 Å². The lowest BCUT2D eigenvalue weighted by molar-refractivity contribution is 0.0955. The zero-order chi connectivity index (χ0) is 14.2. The van der Waals surface area contributed by atoms with Crippen molar-refractivity contribution in [2.75, 3.05) is 6.61 Å². The maximum atomic E-state index is 11.7. The van der Waals surface area contributed by atoms with Crippen molar-refractivity contribution in [1.29, 1.82) is 0 Å². The number of carbonyl (C=O) groups is 1. The molecule has 1 aromatic heterocycles. The Labute approximate surface area is 117 Å². The van der Waals surface area contributed by atoms with Gasteiger partial charge in [-0.2, -0.15) is 5.10 Å². The average molecular weight is 269 g/mol. The van der Waals surface area contributed by atoms with Crippen molar-refractivity contribution in [2.45, 2.75) is 6.92 Å². The summed E-state index contributed by atoms with van der Waals surface area (Å²) in [4.78, 5) is 15.6. The van der Waals surface area contributed by atoms with Gasteiger partial charge in [0.1, 0.15) is 5.75 Å². The molecule has 0 aliphatic heterocycles. The first-order chi connectivity index (χ1) is 9.79. The lowest BCUT2D eigenvalue weighted by Gasteiger charge is -2.02. The summed E-state index contributed by atoms with van der Waals surface area (Å²) < 4.78 is 5.34. The van der Waals surface area contributed by atoms with E-state index in [0.717, 1.165) is 11.3 Å². The summed E-state index contributed by atoms with van der Waals surface area (Å²) in [7, 11) is 0. The van der Waals surface area contributed by atoms with E-state index in [-0.39, 0.29) is 5.91 Å². The van der Waals surface area contributed by atoms with Gasteiger partial charge in [0.2, 0.25) is 0 Å². The summed E-state index contributed by atoms with van der Waals surface area (Å²) in [5.74, 6) is 0.518. The first kappa shape index (κ1) is 13.7. The molecule has 5 nitrogen and oxygen atoms in total. The minimum Gasteiger partial charge on any atom is -0.494 e. The fourth-order valence-electron chi connectivity index (χ4n) is 1.54. The quantitative estimate of drug-likeness (QED) is 0.669. The van der Waals surface area contributed by atoms with Crippen LogP contribution in [-0.4, -0.2) is 23.7 Å². The van der Waals surface area contributed by atoms with Crippen LogP contribution >= 0.6 is 0 Å². The molecule has 0 saturated carbocycles. The number of nitrogens with zero attached hydrogens (tertiary/aromatic N) is 2. The number of aromatic nitrogens is 1. The van der Waals surface area contributed by atoms with Crippen molar-refractivity contribution >= 4 is 12.1 Å². The zero-order valence-corrected chi connectivity index (χ0v) is 11.1. The van der Waals surface area contributed by atoms with E-state index in [1.165, 1.54) is 6.20 Å². The third-order valence-corrected chi connectivity index (χ3v) is 2.49. The van der Waals surface area contributed by atoms with E-state index < -0.39 is 0 Å². The topological polar surface area (TPSA) is 63.6 Å². The van der Waals surface area contributed by atoms with Crippen molar-refractivity contribution in [3.8, 4) is 5.75 Å². The second-order valence-electron chi connectivity index (χ2n) is 3.94. The van der Waals surface area contributed by atoms with Crippen molar-refractivity contribution in [3.63, 3.8) is 0 Å². The number of ether oxygens (including phenoxy) is 1. The van der Waals surface area contributed by atoms with Crippen LogP contribution < -0.4 is 10.2 Å². The molecule has 1 N–H and O–H groups in total. The van der Waals surface area contributed by atoms with Gasteiger partial charge in [-0.05, 0) is 48.9 Å². The highest BCUT2D eigenvalue weighted by molar-refractivity contribution is 5.94. The molecule has 0 aliphatic carbocycles. The fourth-order valence-corrected chi connectivity index (χ4v) is 1.54. The third kappa shape index (κ3) is 3.91. The smallest absolute Gasteiger partial charge is 0.272 e. The number of carbonyl (C=O) groups excluding carboxylic acids is 1. The standard InChI is InChI=1S/C15H15N3O2/c1-2-20-14-7-5-12(6-8-14)10-17-18-15(19)13-4-3-9-16-11-13/h3-11H,2H2,1H3,(H,18,19). The van der Waals surface area contributed by atoms with E-state index in [9.17, 15) is 4.79 Å². The number of hydrogen-bond donors (Lipinski definition) is 1. The highest BCUT2D eigenvalue weighted by atomic mass is 16.5. The molecule has 0 saturated heterocycles. The van der Waals surface area contributed by atoms with Gasteiger partial charge in [-0.1, -0.05) is 0 Å². The van der Waals surface area contributed by atoms with Crippen molar-refractivity contribution in [1.82, 2.24) is 10.4 Å². The first-order valence-electron chi connectivity index (χ1n) is 6.26. The van der Waals surface area contributed by atoms with Crippen molar-refractivity contribution in [3.05, 3.63) is 59.9 Å². The van der Waals surface area contributed by atoms with Crippen LogP contribution in [0.3, 0.4) is 0 Å². The predicted molar refractivity (Wildman–Crippen MR) is 76.9 cm³/mol. The third-order valence-electron chi connectivity index (χ3n) is 2.49. The van der Waals surface area contributed by atoms with E-state index in [0.29, 0.717) is 12.2 Å². The molecule has 1 amide bonds. The zero-order valence-electron chi connectivity index (χ0n) is 11.1. The molecule has 1 heterocycles. The molecule has 20 heavy (non-hydrogen) atoms. The number of benzene rings is 1. The van der Waals surface area contributed by atoms with Crippen LogP contribution in [0.1, 0.15) is 22.8 Å². The first-order valence-corrected chi connectivity index (χ1v) is 6.26. The van der Waals surface area contributed by atoms with E-state index in [1.54, 1.807) is 24.5 Å². The molecule has 0 bridgehead atoms. The predicted octanol–water partition coefficient (Wildman–Crippen LogP) is 2.24. The van der Waals surface area contributed by atoms with E-state index in [1.807, 2.05) is 31.2 Å². The molecule has 102 valence electrons. The number of nitrogens with one attached hydrogen (secondary N) is 1. The molecule has 0 aliphatic rings. The molecule has 5 heteroatoms. The van der Waals surface area contributed by atoms with Crippen LogP contribution in [0.2, 0.25) is 0 Å². The highest BCUT2D eigenvalue weighted by Gasteiger charge is 2.02. The highest BCUT2D eigenvalue weighted by Crippen LogP contribution is 2.10. The lowest BCUT2D eigenvalue weighted by atomic mass is 10.2. The summed E-state index contributed by atoms with van der Waals surface area (Å²) in [6, 6.07) is 10.8. The second kappa shape index (κ2) is 7.04. The van der Waals surface area contributed by atoms with Crippen molar-refractivity contribution < 1.29 is 9.53 Å². The molecule has 2 aromatic rings. The van der Waals surface area contributed by atoms with Gasteiger partial charge in [-0.15, -0.1) is 0 Å². The van der Waals surface area contributed by atoms with Gasteiger partial charge >= 0.3 is 0 Å². The molecule has 0 unspecified atom stereocenters. The Morgan fingerprint density at radius 2 is 2.15 bits per heavy atom. The van der Waals surface area contributed by atoms with Gasteiger partial charge in [0.25, 0.3) is 5.91 Å². The largest absolute Gasteiger partial charge is 0.494 e. The molecule has 0 fully saturated rings.